The van der Waals surface area contributed by atoms with Crippen molar-refractivity contribution in [2.24, 2.45) is 17.3 Å². The van der Waals surface area contributed by atoms with Gasteiger partial charge in [-0.25, -0.2) is 0 Å². The fourth-order valence-electron chi connectivity index (χ4n) is 5.01. The molecule has 0 unspecified atom stereocenters. The molecule has 3 nitrogen and oxygen atoms in total. The number of nitrogens with one attached hydrogen (secondary N) is 1. The van der Waals surface area contributed by atoms with Crippen LogP contribution in [0.5, 0.6) is 5.75 Å². The number of ether oxygens (including phenoxy) is 1. The number of carbonyl (C=O) groups excluding carboxylic acids is 1. The highest BCUT2D eigenvalue weighted by atomic mass is 35.5. The average molecular weight is 358 g/mol. The number of amides is 1. The van der Waals surface area contributed by atoms with E-state index in [2.05, 4.69) is 23.5 Å². The van der Waals surface area contributed by atoms with Crippen LogP contribution in [0.2, 0.25) is 5.02 Å². The minimum Gasteiger partial charge on any atom is -0.495 e. The Morgan fingerprint density at radius 3 is 2.80 bits per heavy atom. The summed E-state index contributed by atoms with van der Waals surface area (Å²) in [4.78, 5) is 13.1. The molecule has 2 fully saturated rings. The SMILES string of the molecule is COc1ccc(Cl)cc1NC(=O)[C@@H]1[C@@H](C2=CC=CCC2)C12CCCC2. The van der Waals surface area contributed by atoms with Crippen LogP contribution in [-0.4, -0.2) is 13.0 Å². The molecule has 4 heteroatoms. The van der Waals surface area contributed by atoms with E-state index in [1.165, 1.54) is 31.3 Å². The normalized spacial score (nSPS) is 26.4. The molecule has 1 aromatic rings. The maximum atomic E-state index is 13.1. The lowest BCUT2D eigenvalue weighted by Crippen LogP contribution is -2.18. The van der Waals surface area contributed by atoms with Crippen molar-refractivity contribution in [2.45, 2.75) is 38.5 Å². The van der Waals surface area contributed by atoms with Crippen molar-refractivity contribution in [3.8, 4) is 5.75 Å². The highest BCUT2D eigenvalue weighted by molar-refractivity contribution is 6.31. The summed E-state index contributed by atoms with van der Waals surface area (Å²) >= 11 is 6.10. The number of benzene rings is 1. The van der Waals surface area contributed by atoms with Gasteiger partial charge in [0.2, 0.25) is 5.91 Å². The molecule has 1 aromatic carbocycles. The Bertz CT molecular complexity index is 746. The third-order valence-corrected chi connectivity index (χ3v) is 6.38. The van der Waals surface area contributed by atoms with Crippen LogP contribution in [0.15, 0.2) is 42.0 Å². The van der Waals surface area contributed by atoms with Gasteiger partial charge in [0, 0.05) is 5.02 Å². The van der Waals surface area contributed by atoms with Gasteiger partial charge in [0.05, 0.1) is 18.7 Å². The van der Waals surface area contributed by atoms with Gasteiger partial charge in [-0.1, -0.05) is 48.2 Å². The second-order valence-electron chi connectivity index (χ2n) is 7.44. The van der Waals surface area contributed by atoms with Gasteiger partial charge in [0.1, 0.15) is 5.75 Å². The summed E-state index contributed by atoms with van der Waals surface area (Å²) in [6, 6.07) is 5.33. The van der Waals surface area contributed by atoms with E-state index in [0.717, 1.165) is 12.8 Å². The molecule has 2 atom stereocenters. The van der Waals surface area contributed by atoms with Crippen molar-refractivity contribution in [1.82, 2.24) is 0 Å². The van der Waals surface area contributed by atoms with Crippen molar-refractivity contribution in [2.75, 3.05) is 12.4 Å². The number of hydrogen-bond donors (Lipinski definition) is 1. The molecule has 1 amide bonds. The first kappa shape index (κ1) is 16.7. The minimum absolute atomic E-state index is 0.0800. The molecule has 132 valence electrons. The molecule has 0 aliphatic heterocycles. The Morgan fingerprint density at radius 2 is 2.12 bits per heavy atom. The predicted octanol–water partition coefficient (Wildman–Crippen LogP) is 5.37. The number of carbonyl (C=O) groups is 1. The van der Waals surface area contributed by atoms with E-state index >= 15 is 0 Å². The molecule has 0 bridgehead atoms. The number of hydrogen-bond acceptors (Lipinski definition) is 2. The van der Waals surface area contributed by atoms with Gasteiger partial charge < -0.3 is 10.1 Å². The van der Waals surface area contributed by atoms with Gasteiger partial charge in [-0.3, -0.25) is 4.79 Å². The summed E-state index contributed by atoms with van der Waals surface area (Å²) in [7, 11) is 1.61. The smallest absolute Gasteiger partial charge is 0.228 e. The molecule has 0 aromatic heterocycles. The molecule has 2 saturated carbocycles. The van der Waals surface area contributed by atoms with E-state index in [9.17, 15) is 4.79 Å². The largest absolute Gasteiger partial charge is 0.495 e. The number of methoxy groups -OCH3 is 1. The second kappa shape index (κ2) is 6.53. The number of allylic oxidation sites excluding steroid dienone is 4. The number of rotatable bonds is 4. The molecule has 1 N–H and O–H groups in total. The standard InChI is InChI=1S/C21H24ClNO2/c1-25-17-10-9-15(22)13-16(17)23-20(24)19-18(14-7-3-2-4-8-14)21(19)11-5-6-12-21/h2-3,7,9-10,13,18-19H,4-6,8,11-12H2,1H3,(H,23,24)/t18-,19+/m1/s1. The molecule has 3 aliphatic carbocycles. The van der Waals surface area contributed by atoms with Crippen LogP contribution in [0.25, 0.3) is 0 Å². The van der Waals surface area contributed by atoms with Crippen LogP contribution in [0.1, 0.15) is 38.5 Å². The van der Waals surface area contributed by atoms with E-state index < -0.39 is 0 Å². The van der Waals surface area contributed by atoms with E-state index in [-0.39, 0.29) is 17.2 Å². The summed E-state index contributed by atoms with van der Waals surface area (Å²) in [5.74, 6) is 1.25. The summed E-state index contributed by atoms with van der Waals surface area (Å²) in [5.41, 5.74) is 2.31. The molecule has 0 heterocycles. The monoisotopic (exact) mass is 357 g/mol. The minimum atomic E-state index is 0.0800. The number of halogens is 1. The molecule has 1 spiro atoms. The number of anilines is 1. The first-order chi connectivity index (χ1) is 12.2. The van der Waals surface area contributed by atoms with E-state index in [0.29, 0.717) is 22.4 Å². The first-order valence-electron chi connectivity index (χ1n) is 9.16. The van der Waals surface area contributed by atoms with Crippen LogP contribution in [0.4, 0.5) is 5.69 Å². The summed E-state index contributed by atoms with van der Waals surface area (Å²) in [6.07, 6.45) is 13.6. The van der Waals surface area contributed by atoms with Crippen LogP contribution < -0.4 is 10.1 Å². The predicted molar refractivity (Wildman–Crippen MR) is 101 cm³/mol. The maximum absolute atomic E-state index is 13.1. The Kier molecular flexibility index (Phi) is 4.36. The second-order valence-corrected chi connectivity index (χ2v) is 7.87. The van der Waals surface area contributed by atoms with Crippen molar-refractivity contribution in [3.63, 3.8) is 0 Å². The third-order valence-electron chi connectivity index (χ3n) is 6.14. The van der Waals surface area contributed by atoms with Crippen molar-refractivity contribution in [1.29, 1.82) is 0 Å². The van der Waals surface area contributed by atoms with Crippen molar-refractivity contribution >= 4 is 23.2 Å². The van der Waals surface area contributed by atoms with E-state index in [1.807, 2.05) is 0 Å². The molecule has 0 saturated heterocycles. The lowest BCUT2D eigenvalue weighted by atomic mass is 9.93. The van der Waals surface area contributed by atoms with Crippen LogP contribution >= 0.6 is 11.6 Å². The fourth-order valence-corrected chi connectivity index (χ4v) is 5.18. The molecule has 0 radical (unpaired) electrons. The van der Waals surface area contributed by atoms with E-state index in [4.69, 9.17) is 16.3 Å². The summed E-state index contributed by atoms with van der Waals surface area (Å²) in [5, 5.41) is 3.69. The average Bonchev–Trinajstić information content (AvgIpc) is 3.00. The molecular weight excluding hydrogens is 334 g/mol. The first-order valence-corrected chi connectivity index (χ1v) is 9.53. The zero-order valence-corrected chi connectivity index (χ0v) is 15.3. The Balaban J connectivity index is 1.58. The highest BCUT2D eigenvalue weighted by Crippen LogP contribution is 2.71. The van der Waals surface area contributed by atoms with Gasteiger partial charge in [0.25, 0.3) is 0 Å². The molecule has 3 aliphatic rings. The Hall–Kier alpha value is -1.74. The van der Waals surface area contributed by atoms with E-state index in [1.54, 1.807) is 25.3 Å². The van der Waals surface area contributed by atoms with Gasteiger partial charge in [0.15, 0.2) is 0 Å². The maximum Gasteiger partial charge on any atom is 0.228 e. The molecule has 4 rings (SSSR count). The highest BCUT2D eigenvalue weighted by Gasteiger charge is 2.68. The van der Waals surface area contributed by atoms with Crippen LogP contribution in [0.3, 0.4) is 0 Å². The van der Waals surface area contributed by atoms with Gasteiger partial charge >= 0.3 is 0 Å². The molecule has 25 heavy (non-hydrogen) atoms. The Labute approximate surface area is 154 Å². The fraction of sp³-hybridized carbons (Fsp3) is 0.476. The van der Waals surface area contributed by atoms with Gasteiger partial charge in [-0.2, -0.15) is 0 Å². The van der Waals surface area contributed by atoms with Crippen molar-refractivity contribution in [3.05, 3.63) is 47.0 Å². The van der Waals surface area contributed by atoms with Crippen LogP contribution in [0, 0.1) is 17.3 Å². The summed E-state index contributed by atoms with van der Waals surface area (Å²) < 4.78 is 5.37. The van der Waals surface area contributed by atoms with Gasteiger partial charge in [-0.15, -0.1) is 0 Å². The molecular formula is C21H24ClNO2. The lowest BCUT2D eigenvalue weighted by molar-refractivity contribution is -0.118. The summed E-state index contributed by atoms with van der Waals surface area (Å²) in [6.45, 7) is 0. The quantitative estimate of drug-likeness (QED) is 0.786. The van der Waals surface area contributed by atoms with Gasteiger partial charge in [-0.05, 0) is 55.2 Å². The third kappa shape index (κ3) is 2.89. The zero-order chi connectivity index (χ0) is 17.4. The van der Waals surface area contributed by atoms with Crippen LogP contribution in [-0.2, 0) is 4.79 Å². The Morgan fingerprint density at radius 1 is 1.32 bits per heavy atom. The zero-order valence-electron chi connectivity index (χ0n) is 14.6. The van der Waals surface area contributed by atoms with Crippen molar-refractivity contribution < 1.29 is 9.53 Å². The topological polar surface area (TPSA) is 38.3 Å². The lowest BCUT2D eigenvalue weighted by Gasteiger charge is -2.12.